The van der Waals surface area contributed by atoms with Gasteiger partial charge in [-0.25, -0.2) is 9.37 Å². The van der Waals surface area contributed by atoms with Crippen LogP contribution in [0.25, 0.3) is 0 Å². The van der Waals surface area contributed by atoms with Gasteiger partial charge in [0.1, 0.15) is 12.0 Å². The lowest BCUT2D eigenvalue weighted by atomic mass is 10.1. The van der Waals surface area contributed by atoms with Crippen LogP contribution in [0, 0.1) is 6.92 Å². The second kappa shape index (κ2) is 5.91. The minimum atomic E-state index is -0.799. The summed E-state index contributed by atoms with van der Waals surface area (Å²) < 4.78 is 13.2. The van der Waals surface area contributed by atoms with Crippen molar-refractivity contribution in [2.24, 2.45) is 0 Å². The number of anilines is 1. The van der Waals surface area contributed by atoms with Crippen molar-refractivity contribution in [3.8, 4) is 0 Å². The Labute approximate surface area is 106 Å². The molecular weight excluding hydrogens is 233 g/mol. The molecule has 5 heteroatoms. The van der Waals surface area contributed by atoms with Gasteiger partial charge in [0.2, 0.25) is 5.91 Å². The van der Waals surface area contributed by atoms with Crippen LogP contribution in [0.4, 0.5) is 10.2 Å². The van der Waals surface area contributed by atoms with Crippen LogP contribution in [0.1, 0.15) is 25.0 Å². The Morgan fingerprint density at radius 1 is 1.44 bits per heavy atom. The number of alkyl halides is 1. The number of carbonyl (C=O) groups excluding carboxylic acids is 1. The molecule has 1 aliphatic heterocycles. The number of nitrogens with one attached hydrogen (secondary N) is 2. The Morgan fingerprint density at radius 2 is 2.28 bits per heavy atom. The number of aromatic nitrogens is 1. The Hall–Kier alpha value is -1.49. The summed E-state index contributed by atoms with van der Waals surface area (Å²) in [5, 5.41) is 5.83. The Kier molecular flexibility index (Phi) is 4.25. The predicted octanol–water partition coefficient (Wildman–Crippen LogP) is 1.81. The van der Waals surface area contributed by atoms with Crippen molar-refractivity contribution in [2.75, 3.05) is 11.9 Å². The van der Waals surface area contributed by atoms with E-state index in [9.17, 15) is 9.18 Å². The summed E-state index contributed by atoms with van der Waals surface area (Å²) >= 11 is 0. The molecule has 0 saturated carbocycles. The maximum absolute atomic E-state index is 13.2. The average Bonchev–Trinajstić information content (AvgIpc) is 2.54. The molecule has 18 heavy (non-hydrogen) atoms. The largest absolute Gasteiger partial charge is 0.309 e. The van der Waals surface area contributed by atoms with E-state index in [1.807, 2.05) is 19.1 Å². The van der Waals surface area contributed by atoms with Gasteiger partial charge in [-0.05, 0) is 44.9 Å². The standard InChI is InChI=1S/C13H18FN3O/c1-9-3-2-4-12(16-9)17-13(18)11-6-5-10(14)7-8-15-11/h2-4,10-11,15H,5-8H2,1H3,(H,16,17,18)/t10?,11-/m0/s1. The summed E-state index contributed by atoms with van der Waals surface area (Å²) in [6.45, 7) is 2.41. The number of hydrogen-bond donors (Lipinski definition) is 2. The number of carbonyl (C=O) groups is 1. The highest BCUT2D eigenvalue weighted by molar-refractivity contribution is 5.94. The number of hydrogen-bond acceptors (Lipinski definition) is 3. The van der Waals surface area contributed by atoms with Crippen molar-refractivity contribution < 1.29 is 9.18 Å². The predicted molar refractivity (Wildman–Crippen MR) is 68.1 cm³/mol. The first kappa shape index (κ1) is 13.0. The quantitative estimate of drug-likeness (QED) is 0.843. The van der Waals surface area contributed by atoms with Crippen molar-refractivity contribution in [3.05, 3.63) is 23.9 Å². The van der Waals surface area contributed by atoms with Gasteiger partial charge in [0.25, 0.3) is 0 Å². The van der Waals surface area contributed by atoms with Gasteiger partial charge in [-0.3, -0.25) is 4.79 Å². The molecule has 0 aromatic carbocycles. The lowest BCUT2D eigenvalue weighted by molar-refractivity contribution is -0.118. The van der Waals surface area contributed by atoms with Crippen LogP contribution < -0.4 is 10.6 Å². The number of aryl methyl sites for hydroxylation is 1. The SMILES string of the molecule is Cc1cccc(NC(=O)[C@@H]2CCC(F)CCN2)n1. The minimum Gasteiger partial charge on any atom is -0.309 e. The topological polar surface area (TPSA) is 54.0 Å². The fourth-order valence-electron chi connectivity index (χ4n) is 2.06. The second-order valence-electron chi connectivity index (χ2n) is 4.62. The molecule has 0 spiro atoms. The highest BCUT2D eigenvalue weighted by Gasteiger charge is 2.23. The Bertz CT molecular complexity index is 424. The first-order valence-electron chi connectivity index (χ1n) is 6.27. The summed E-state index contributed by atoms with van der Waals surface area (Å²) in [7, 11) is 0. The number of amides is 1. The van der Waals surface area contributed by atoms with Crippen molar-refractivity contribution in [1.82, 2.24) is 10.3 Å². The third-order valence-electron chi connectivity index (χ3n) is 3.07. The molecule has 1 unspecified atom stereocenters. The molecule has 0 radical (unpaired) electrons. The molecule has 0 bridgehead atoms. The molecule has 98 valence electrons. The van der Waals surface area contributed by atoms with Crippen LogP contribution in [-0.2, 0) is 4.79 Å². The van der Waals surface area contributed by atoms with Crippen LogP contribution in [0.5, 0.6) is 0 Å². The zero-order valence-corrected chi connectivity index (χ0v) is 10.4. The van der Waals surface area contributed by atoms with E-state index >= 15 is 0 Å². The molecule has 1 aliphatic rings. The molecule has 2 atom stereocenters. The number of rotatable bonds is 2. The minimum absolute atomic E-state index is 0.137. The van der Waals surface area contributed by atoms with E-state index in [4.69, 9.17) is 0 Å². The summed E-state index contributed by atoms with van der Waals surface area (Å²) in [4.78, 5) is 16.2. The monoisotopic (exact) mass is 251 g/mol. The summed E-state index contributed by atoms with van der Waals surface area (Å²) in [5.74, 6) is 0.407. The highest BCUT2D eigenvalue weighted by atomic mass is 19.1. The van der Waals surface area contributed by atoms with Gasteiger partial charge in [-0.2, -0.15) is 0 Å². The fraction of sp³-hybridized carbons (Fsp3) is 0.538. The zero-order chi connectivity index (χ0) is 13.0. The lowest BCUT2D eigenvalue weighted by Crippen LogP contribution is -2.40. The number of pyridine rings is 1. The van der Waals surface area contributed by atoms with Gasteiger partial charge in [0.05, 0.1) is 6.04 Å². The Morgan fingerprint density at radius 3 is 3.06 bits per heavy atom. The van der Waals surface area contributed by atoms with Gasteiger partial charge in [-0.15, -0.1) is 0 Å². The molecule has 2 N–H and O–H groups in total. The van der Waals surface area contributed by atoms with Crippen LogP contribution in [-0.4, -0.2) is 29.6 Å². The maximum atomic E-state index is 13.2. The van der Waals surface area contributed by atoms with Gasteiger partial charge >= 0.3 is 0 Å². The third-order valence-corrected chi connectivity index (χ3v) is 3.07. The van der Waals surface area contributed by atoms with E-state index in [0.717, 1.165) is 5.69 Å². The molecule has 1 saturated heterocycles. The summed E-state index contributed by atoms with van der Waals surface area (Å²) in [5.41, 5.74) is 0.852. The van der Waals surface area contributed by atoms with Crippen molar-refractivity contribution >= 4 is 11.7 Å². The van der Waals surface area contributed by atoms with Crippen LogP contribution in [0.3, 0.4) is 0 Å². The van der Waals surface area contributed by atoms with Crippen molar-refractivity contribution in [1.29, 1.82) is 0 Å². The molecule has 1 fully saturated rings. The fourth-order valence-corrected chi connectivity index (χ4v) is 2.06. The van der Waals surface area contributed by atoms with E-state index in [1.165, 1.54) is 0 Å². The van der Waals surface area contributed by atoms with Crippen LogP contribution in [0.15, 0.2) is 18.2 Å². The van der Waals surface area contributed by atoms with Crippen molar-refractivity contribution in [3.63, 3.8) is 0 Å². The van der Waals surface area contributed by atoms with Gasteiger partial charge in [0, 0.05) is 5.69 Å². The van der Waals surface area contributed by atoms with E-state index in [1.54, 1.807) is 6.07 Å². The van der Waals surface area contributed by atoms with Crippen molar-refractivity contribution in [2.45, 2.75) is 38.4 Å². The Balaban J connectivity index is 1.95. The zero-order valence-electron chi connectivity index (χ0n) is 10.4. The average molecular weight is 251 g/mol. The molecule has 2 rings (SSSR count). The van der Waals surface area contributed by atoms with Crippen LogP contribution in [0.2, 0.25) is 0 Å². The van der Waals surface area contributed by atoms with E-state index in [2.05, 4.69) is 15.6 Å². The smallest absolute Gasteiger partial charge is 0.242 e. The van der Waals surface area contributed by atoms with E-state index in [0.29, 0.717) is 31.6 Å². The van der Waals surface area contributed by atoms with Gasteiger partial charge in [-0.1, -0.05) is 6.07 Å². The molecule has 1 amide bonds. The number of nitrogens with zero attached hydrogens (tertiary/aromatic N) is 1. The van der Waals surface area contributed by atoms with Gasteiger partial charge in [0.15, 0.2) is 0 Å². The van der Waals surface area contributed by atoms with Gasteiger partial charge < -0.3 is 10.6 Å². The molecule has 2 heterocycles. The first-order chi connectivity index (χ1) is 8.65. The van der Waals surface area contributed by atoms with Crippen LogP contribution >= 0.6 is 0 Å². The third kappa shape index (κ3) is 3.50. The maximum Gasteiger partial charge on any atom is 0.242 e. The lowest BCUT2D eigenvalue weighted by Gasteiger charge is -2.15. The molecule has 0 aliphatic carbocycles. The molecule has 1 aromatic rings. The first-order valence-corrected chi connectivity index (χ1v) is 6.27. The molecule has 4 nitrogen and oxygen atoms in total. The second-order valence-corrected chi connectivity index (χ2v) is 4.62. The van der Waals surface area contributed by atoms with E-state index in [-0.39, 0.29) is 11.9 Å². The normalized spacial score (nSPS) is 24.3. The number of halogens is 1. The molecular formula is C13H18FN3O. The summed E-state index contributed by atoms with van der Waals surface area (Å²) in [6, 6.07) is 5.14. The highest BCUT2D eigenvalue weighted by Crippen LogP contribution is 2.14. The molecule has 1 aromatic heterocycles. The van der Waals surface area contributed by atoms with E-state index < -0.39 is 6.17 Å². The summed E-state index contributed by atoms with van der Waals surface area (Å²) in [6.07, 6.45) is 0.643.